The highest BCUT2D eigenvalue weighted by Crippen LogP contribution is 2.36. The van der Waals surface area contributed by atoms with Crippen molar-refractivity contribution in [3.8, 4) is 11.5 Å². The lowest BCUT2D eigenvalue weighted by Gasteiger charge is -2.16. The van der Waals surface area contributed by atoms with Crippen molar-refractivity contribution in [3.63, 3.8) is 0 Å². The maximum Gasteiger partial charge on any atom is 0.318 e. The molecule has 8 nitrogen and oxygen atoms in total. The fraction of sp³-hybridized carbons (Fsp3) is 0.333. The Balaban J connectivity index is 1.50. The molecule has 0 atom stereocenters. The van der Waals surface area contributed by atoms with Crippen molar-refractivity contribution < 1.29 is 19.1 Å². The van der Waals surface area contributed by atoms with Crippen molar-refractivity contribution in [1.29, 1.82) is 0 Å². The third-order valence-corrected chi connectivity index (χ3v) is 6.85. The summed E-state index contributed by atoms with van der Waals surface area (Å²) < 4.78 is 13.8. The molecule has 1 aromatic heterocycles. The largest absolute Gasteiger partial charge is 0.497 e. The van der Waals surface area contributed by atoms with Crippen molar-refractivity contribution in [3.05, 3.63) is 59.0 Å². The summed E-state index contributed by atoms with van der Waals surface area (Å²) in [6.07, 6.45) is 4.36. The van der Waals surface area contributed by atoms with Crippen LogP contribution in [-0.4, -0.2) is 55.1 Å². The summed E-state index contributed by atoms with van der Waals surface area (Å²) in [5.74, 6) is 1.31. The molecule has 0 unspecified atom stereocenters. The first-order chi connectivity index (χ1) is 17.0. The number of benzene rings is 2. The number of amides is 2. The van der Waals surface area contributed by atoms with Crippen LogP contribution in [0.3, 0.4) is 0 Å². The average molecular weight is 475 g/mol. The Morgan fingerprint density at radius 2 is 1.94 bits per heavy atom. The van der Waals surface area contributed by atoms with E-state index in [2.05, 4.69) is 33.1 Å². The zero-order chi connectivity index (χ0) is 24.5. The predicted octanol–water partition coefficient (Wildman–Crippen LogP) is 4.42. The van der Waals surface area contributed by atoms with Crippen LogP contribution < -0.4 is 20.1 Å². The lowest BCUT2D eigenvalue weighted by Crippen LogP contribution is -2.24. The van der Waals surface area contributed by atoms with Gasteiger partial charge >= 0.3 is 6.03 Å². The van der Waals surface area contributed by atoms with Crippen LogP contribution in [-0.2, 0) is 6.54 Å². The Morgan fingerprint density at radius 1 is 1.14 bits per heavy atom. The van der Waals surface area contributed by atoms with E-state index in [0.717, 1.165) is 54.1 Å². The highest BCUT2D eigenvalue weighted by Gasteiger charge is 2.29. The molecule has 182 valence electrons. The molecule has 1 saturated heterocycles. The van der Waals surface area contributed by atoms with Crippen LogP contribution in [0.4, 0.5) is 10.5 Å². The van der Waals surface area contributed by atoms with E-state index < -0.39 is 0 Å². The molecule has 2 N–H and O–H groups in total. The fourth-order valence-electron chi connectivity index (χ4n) is 4.92. The highest BCUT2D eigenvalue weighted by atomic mass is 16.5. The second kappa shape index (κ2) is 9.46. The second-order valence-electron chi connectivity index (χ2n) is 8.94. The number of nitrogens with zero attached hydrogens (tertiary/aromatic N) is 2. The van der Waals surface area contributed by atoms with E-state index in [0.29, 0.717) is 17.0 Å². The summed E-state index contributed by atoms with van der Waals surface area (Å²) in [5.41, 5.74) is 4.09. The van der Waals surface area contributed by atoms with Crippen molar-refractivity contribution in [2.45, 2.75) is 26.3 Å². The summed E-state index contributed by atoms with van der Waals surface area (Å²) in [4.78, 5) is 27.4. The number of urea groups is 1. The number of rotatable bonds is 6. The Morgan fingerprint density at radius 3 is 2.69 bits per heavy atom. The van der Waals surface area contributed by atoms with Crippen molar-refractivity contribution >= 4 is 34.5 Å². The minimum atomic E-state index is -0.349. The van der Waals surface area contributed by atoms with Crippen LogP contribution in [0.25, 0.3) is 17.0 Å². The molecule has 2 aromatic carbocycles. The van der Waals surface area contributed by atoms with E-state index in [1.165, 1.54) is 19.9 Å². The van der Waals surface area contributed by atoms with Gasteiger partial charge in [0.25, 0.3) is 0 Å². The summed E-state index contributed by atoms with van der Waals surface area (Å²) in [6, 6.07) is 10.8. The molecule has 1 fully saturated rings. The number of Topliss-reactive ketones (excluding diaryl/α,β-unsaturated/α-hetero) is 1. The normalized spacial score (nSPS) is 16.5. The zero-order valence-corrected chi connectivity index (χ0v) is 20.3. The van der Waals surface area contributed by atoms with E-state index in [1.54, 1.807) is 25.3 Å². The Bertz CT molecular complexity index is 1330. The minimum Gasteiger partial charge on any atom is -0.497 e. The maximum absolute atomic E-state index is 13.2. The first kappa shape index (κ1) is 23.0. The van der Waals surface area contributed by atoms with Gasteiger partial charge in [0.2, 0.25) is 5.78 Å². The topological polar surface area (TPSA) is 84.8 Å². The molecule has 5 rings (SSSR count). The standard InChI is InChI=1S/C27H30N4O4/c1-17-20(16-25-26(32)22-14-18(29-27(33)28-2)6-9-24(22)35-25)21-15-19(34-3)7-8-23(21)31(17)13-12-30-10-4-5-11-30/h6-9,14-16H,4-5,10-13H2,1-3H3,(H2,28,29,33)/b25-16-. The lowest BCUT2D eigenvalue weighted by atomic mass is 10.1. The number of nitrogens with one attached hydrogen (secondary N) is 2. The molecule has 35 heavy (non-hydrogen) atoms. The molecule has 2 amide bonds. The smallest absolute Gasteiger partial charge is 0.318 e. The number of ketones is 1. The molecule has 8 heteroatoms. The third kappa shape index (κ3) is 4.37. The van der Waals surface area contributed by atoms with Gasteiger partial charge in [0.1, 0.15) is 11.5 Å². The Hall–Kier alpha value is -3.78. The number of carbonyl (C=O) groups is 2. The first-order valence-corrected chi connectivity index (χ1v) is 11.9. The molecular formula is C27H30N4O4. The van der Waals surface area contributed by atoms with Crippen molar-refractivity contribution in [2.75, 3.05) is 39.1 Å². The van der Waals surface area contributed by atoms with Crippen LogP contribution in [0.5, 0.6) is 11.5 Å². The highest BCUT2D eigenvalue weighted by molar-refractivity contribution is 6.16. The number of likely N-dealkylation sites (tertiary alicyclic amines) is 1. The average Bonchev–Trinajstić information content (AvgIpc) is 3.56. The van der Waals surface area contributed by atoms with E-state index in [1.807, 2.05) is 18.2 Å². The number of carbonyl (C=O) groups excluding carboxylic acids is 2. The maximum atomic E-state index is 13.2. The van der Waals surface area contributed by atoms with E-state index in [4.69, 9.17) is 9.47 Å². The molecule has 0 aliphatic carbocycles. The quantitative estimate of drug-likeness (QED) is 0.517. The van der Waals surface area contributed by atoms with Gasteiger partial charge in [0.15, 0.2) is 5.76 Å². The van der Waals surface area contributed by atoms with Gasteiger partial charge in [-0.25, -0.2) is 4.79 Å². The molecule has 2 aliphatic rings. The van der Waals surface area contributed by atoms with Crippen LogP contribution in [0.2, 0.25) is 0 Å². The summed E-state index contributed by atoms with van der Waals surface area (Å²) >= 11 is 0. The number of hydrogen-bond acceptors (Lipinski definition) is 5. The first-order valence-electron chi connectivity index (χ1n) is 11.9. The zero-order valence-electron chi connectivity index (χ0n) is 20.3. The van der Waals surface area contributed by atoms with Gasteiger partial charge in [-0.1, -0.05) is 0 Å². The third-order valence-electron chi connectivity index (χ3n) is 6.85. The van der Waals surface area contributed by atoms with Gasteiger partial charge in [-0.05, 0) is 75.3 Å². The lowest BCUT2D eigenvalue weighted by molar-refractivity contribution is 0.101. The van der Waals surface area contributed by atoms with E-state index in [-0.39, 0.29) is 17.6 Å². The van der Waals surface area contributed by atoms with Gasteiger partial charge in [-0.2, -0.15) is 0 Å². The van der Waals surface area contributed by atoms with E-state index >= 15 is 0 Å². The Labute approximate surface area is 204 Å². The number of allylic oxidation sites excluding steroid dienone is 1. The van der Waals surface area contributed by atoms with Crippen LogP contribution >= 0.6 is 0 Å². The van der Waals surface area contributed by atoms with Crippen LogP contribution in [0, 0.1) is 6.92 Å². The predicted molar refractivity (Wildman–Crippen MR) is 136 cm³/mol. The number of aromatic nitrogens is 1. The van der Waals surface area contributed by atoms with E-state index in [9.17, 15) is 9.59 Å². The fourth-order valence-corrected chi connectivity index (χ4v) is 4.92. The van der Waals surface area contributed by atoms with Gasteiger partial charge in [-0.3, -0.25) is 4.79 Å². The Kier molecular flexibility index (Phi) is 6.21. The van der Waals surface area contributed by atoms with Crippen molar-refractivity contribution in [1.82, 2.24) is 14.8 Å². The van der Waals surface area contributed by atoms with Gasteiger partial charge in [-0.15, -0.1) is 0 Å². The monoisotopic (exact) mass is 474 g/mol. The molecule has 2 aliphatic heterocycles. The van der Waals surface area contributed by atoms with Crippen LogP contribution in [0.15, 0.2) is 42.2 Å². The number of anilines is 1. The molecule has 0 saturated carbocycles. The molecule has 0 bridgehead atoms. The second-order valence-corrected chi connectivity index (χ2v) is 8.94. The van der Waals surface area contributed by atoms with Gasteiger partial charge < -0.3 is 29.6 Å². The number of methoxy groups -OCH3 is 1. The SMILES string of the molecule is CNC(=O)Nc1ccc2c(c1)C(=O)/C(=C/c1c(C)n(CCN3CCCC3)c3ccc(OC)cc13)O2. The molecule has 3 aromatic rings. The molecular weight excluding hydrogens is 444 g/mol. The van der Waals surface area contributed by atoms with Gasteiger partial charge in [0, 0.05) is 48.0 Å². The summed E-state index contributed by atoms with van der Waals surface area (Å²) in [6.45, 7) is 6.26. The number of ether oxygens (including phenoxy) is 2. The molecule has 0 spiro atoms. The minimum absolute atomic E-state index is 0.208. The van der Waals surface area contributed by atoms with Gasteiger partial charge in [0.05, 0.1) is 12.7 Å². The number of fused-ring (bicyclic) bond motifs is 2. The summed E-state index contributed by atoms with van der Waals surface area (Å²) in [5, 5.41) is 6.22. The van der Waals surface area contributed by atoms with Crippen LogP contribution in [0.1, 0.15) is 34.5 Å². The summed E-state index contributed by atoms with van der Waals surface area (Å²) in [7, 11) is 3.19. The molecule has 3 heterocycles. The van der Waals surface area contributed by atoms with Crippen molar-refractivity contribution in [2.24, 2.45) is 0 Å². The molecule has 0 radical (unpaired) electrons. The number of hydrogen-bond donors (Lipinski definition) is 2.